The van der Waals surface area contributed by atoms with Crippen LogP contribution in [0.15, 0.2) is 18.2 Å². The van der Waals surface area contributed by atoms with E-state index in [4.69, 9.17) is 0 Å². The molecule has 0 bridgehead atoms. The summed E-state index contributed by atoms with van der Waals surface area (Å²) in [5.74, 6) is -0.521. The van der Waals surface area contributed by atoms with Crippen molar-refractivity contribution in [3.05, 3.63) is 29.8 Å². The van der Waals surface area contributed by atoms with Crippen molar-refractivity contribution in [1.29, 1.82) is 0 Å². The Labute approximate surface area is 87.0 Å². The molecule has 88 valence electrons. The molecular formula is C8H6F4N2O2. The molecule has 0 spiro atoms. The third-order valence-corrected chi connectivity index (χ3v) is 1.48. The predicted molar refractivity (Wildman–Crippen MR) is 44.3 cm³/mol. The Bertz CT molecular complexity index is 391. The second kappa shape index (κ2) is 4.35. The van der Waals surface area contributed by atoms with Crippen LogP contribution < -0.4 is 16.0 Å². The molecule has 8 heteroatoms. The highest BCUT2D eigenvalue weighted by molar-refractivity contribution is 5.81. The lowest BCUT2D eigenvalue weighted by molar-refractivity contribution is -0.193. The van der Waals surface area contributed by atoms with Crippen LogP contribution in [0.1, 0.15) is 0 Å². The first-order valence-electron chi connectivity index (χ1n) is 3.89. The van der Waals surface area contributed by atoms with Gasteiger partial charge in [0.05, 0.1) is 0 Å². The summed E-state index contributed by atoms with van der Waals surface area (Å²) in [5, 5.41) is 0. The Hall–Kier alpha value is -1.83. The molecule has 1 rings (SSSR count). The van der Waals surface area contributed by atoms with Gasteiger partial charge in [-0.25, -0.2) is 14.6 Å². The van der Waals surface area contributed by atoms with Crippen molar-refractivity contribution in [1.82, 2.24) is 5.43 Å². The molecule has 0 aromatic heterocycles. The number of hydrogen-bond donors (Lipinski definition) is 2. The molecule has 0 saturated carbocycles. The first kappa shape index (κ1) is 12.2. The van der Waals surface area contributed by atoms with Gasteiger partial charge in [0.1, 0.15) is 17.4 Å². The van der Waals surface area contributed by atoms with Gasteiger partial charge in [-0.1, -0.05) is 0 Å². The zero-order valence-corrected chi connectivity index (χ0v) is 7.64. The monoisotopic (exact) mass is 238 g/mol. The van der Waals surface area contributed by atoms with Gasteiger partial charge in [0.2, 0.25) is 0 Å². The number of carbonyl (C=O) groups is 1. The van der Waals surface area contributed by atoms with Crippen LogP contribution in [0.25, 0.3) is 0 Å². The van der Waals surface area contributed by atoms with Crippen LogP contribution in [-0.4, -0.2) is 12.0 Å². The first-order valence-corrected chi connectivity index (χ1v) is 3.89. The molecule has 0 saturated heterocycles. The van der Waals surface area contributed by atoms with Crippen molar-refractivity contribution in [2.45, 2.75) is 6.11 Å². The van der Waals surface area contributed by atoms with E-state index in [0.29, 0.717) is 18.2 Å². The highest BCUT2D eigenvalue weighted by atomic mass is 19.3. The third-order valence-electron chi connectivity index (χ3n) is 1.48. The summed E-state index contributed by atoms with van der Waals surface area (Å²) in [7, 11) is 0. The summed E-state index contributed by atoms with van der Waals surface area (Å²) in [4.78, 5) is 10.5. The van der Waals surface area contributed by atoms with Crippen molar-refractivity contribution >= 4 is 5.91 Å². The first-order chi connectivity index (χ1) is 7.35. The summed E-state index contributed by atoms with van der Waals surface area (Å²) in [6, 6.07) is 1.47. The van der Waals surface area contributed by atoms with Gasteiger partial charge in [-0.05, 0) is 0 Å². The molecule has 0 aliphatic carbocycles. The zero-order chi connectivity index (χ0) is 12.3. The quantitative estimate of drug-likeness (QED) is 0.356. The second-order valence-electron chi connectivity index (χ2n) is 2.70. The van der Waals surface area contributed by atoms with E-state index in [1.165, 1.54) is 0 Å². The lowest BCUT2D eigenvalue weighted by Gasteiger charge is -2.15. The van der Waals surface area contributed by atoms with Crippen LogP contribution in [0, 0.1) is 11.6 Å². The van der Waals surface area contributed by atoms with E-state index in [9.17, 15) is 22.4 Å². The summed E-state index contributed by atoms with van der Waals surface area (Å²) in [5.41, 5.74) is 1.15. The van der Waals surface area contributed by atoms with E-state index < -0.39 is 29.4 Å². The minimum absolute atomic E-state index is 0.466. The maximum atomic E-state index is 12.8. The number of alkyl halides is 2. The van der Waals surface area contributed by atoms with Crippen molar-refractivity contribution in [3.8, 4) is 5.75 Å². The average Bonchev–Trinajstić information content (AvgIpc) is 2.13. The highest BCUT2D eigenvalue weighted by Crippen LogP contribution is 2.23. The number of hydrogen-bond acceptors (Lipinski definition) is 3. The lowest BCUT2D eigenvalue weighted by atomic mass is 10.3. The molecule has 1 amide bonds. The van der Waals surface area contributed by atoms with Gasteiger partial charge in [-0.15, -0.1) is 0 Å². The topological polar surface area (TPSA) is 64.3 Å². The van der Waals surface area contributed by atoms with Crippen LogP contribution in [0.5, 0.6) is 5.75 Å². The number of halogens is 4. The van der Waals surface area contributed by atoms with Crippen LogP contribution >= 0.6 is 0 Å². The van der Waals surface area contributed by atoms with E-state index in [-0.39, 0.29) is 0 Å². The number of benzene rings is 1. The molecule has 4 nitrogen and oxygen atoms in total. The molecule has 0 aliphatic heterocycles. The Balaban J connectivity index is 2.91. The summed E-state index contributed by atoms with van der Waals surface area (Å²) in [6.07, 6.45) is -4.31. The molecule has 16 heavy (non-hydrogen) atoms. The van der Waals surface area contributed by atoms with Gasteiger partial charge in [0.25, 0.3) is 0 Å². The van der Waals surface area contributed by atoms with E-state index in [1.54, 1.807) is 0 Å². The minimum Gasteiger partial charge on any atom is -0.425 e. The lowest BCUT2D eigenvalue weighted by Crippen LogP contribution is -2.47. The van der Waals surface area contributed by atoms with Crippen LogP contribution in [0.3, 0.4) is 0 Å². The van der Waals surface area contributed by atoms with Crippen molar-refractivity contribution < 1.29 is 27.1 Å². The molecule has 3 N–H and O–H groups in total. The largest absolute Gasteiger partial charge is 0.483 e. The fourth-order valence-electron chi connectivity index (χ4n) is 0.866. The average molecular weight is 238 g/mol. The van der Waals surface area contributed by atoms with Crippen molar-refractivity contribution in [2.75, 3.05) is 0 Å². The molecule has 0 radical (unpaired) electrons. The highest BCUT2D eigenvalue weighted by Gasteiger charge is 2.42. The molecule has 0 unspecified atom stereocenters. The van der Waals surface area contributed by atoms with Crippen molar-refractivity contribution in [2.24, 2.45) is 5.84 Å². The molecule has 1 aromatic carbocycles. The number of carbonyl (C=O) groups excluding carboxylic acids is 1. The smallest absolute Gasteiger partial charge is 0.425 e. The van der Waals surface area contributed by atoms with E-state index in [0.717, 1.165) is 5.43 Å². The number of rotatable bonds is 3. The van der Waals surface area contributed by atoms with Crippen LogP contribution in [0.4, 0.5) is 17.6 Å². The van der Waals surface area contributed by atoms with E-state index >= 15 is 0 Å². The molecule has 0 fully saturated rings. The number of nitrogens with two attached hydrogens (primary N) is 1. The number of hydrazine groups is 1. The van der Waals surface area contributed by atoms with Gasteiger partial charge in [-0.2, -0.15) is 8.78 Å². The van der Waals surface area contributed by atoms with Gasteiger partial charge in [-0.3, -0.25) is 10.2 Å². The standard InChI is InChI=1S/C8H6F4N2O2/c9-4-1-5(10)3-6(2-4)16-8(11,12)7(15)14-13/h1-3H,13H2,(H,14,15). The predicted octanol–water partition coefficient (Wildman–Crippen LogP) is 0.926. The molecule has 0 aliphatic rings. The summed E-state index contributed by atoms with van der Waals surface area (Å²) < 4.78 is 54.6. The third kappa shape index (κ3) is 2.83. The molecular weight excluding hydrogens is 232 g/mol. The Morgan fingerprint density at radius 2 is 1.75 bits per heavy atom. The van der Waals surface area contributed by atoms with Gasteiger partial charge in [0.15, 0.2) is 0 Å². The fourth-order valence-corrected chi connectivity index (χ4v) is 0.866. The SMILES string of the molecule is NNC(=O)C(F)(F)Oc1cc(F)cc(F)c1. The number of amides is 1. The number of ether oxygens (including phenoxy) is 1. The van der Waals surface area contributed by atoms with Crippen LogP contribution in [-0.2, 0) is 4.79 Å². The summed E-state index contributed by atoms with van der Waals surface area (Å²) in [6.45, 7) is 0. The molecule has 0 heterocycles. The number of nitrogens with one attached hydrogen (secondary N) is 1. The van der Waals surface area contributed by atoms with Gasteiger partial charge in [0, 0.05) is 18.2 Å². The normalized spacial score (nSPS) is 11.1. The molecule has 0 atom stereocenters. The Kier molecular flexibility index (Phi) is 3.33. The van der Waals surface area contributed by atoms with E-state index in [2.05, 4.69) is 10.6 Å². The van der Waals surface area contributed by atoms with Gasteiger partial charge < -0.3 is 4.74 Å². The fraction of sp³-hybridized carbons (Fsp3) is 0.125. The Morgan fingerprint density at radius 1 is 1.25 bits per heavy atom. The van der Waals surface area contributed by atoms with Crippen molar-refractivity contribution in [3.63, 3.8) is 0 Å². The molecule has 1 aromatic rings. The summed E-state index contributed by atoms with van der Waals surface area (Å²) >= 11 is 0. The van der Waals surface area contributed by atoms with Crippen LogP contribution in [0.2, 0.25) is 0 Å². The zero-order valence-electron chi connectivity index (χ0n) is 7.64. The Morgan fingerprint density at radius 3 is 2.19 bits per heavy atom. The second-order valence-corrected chi connectivity index (χ2v) is 2.70. The minimum atomic E-state index is -4.31. The van der Waals surface area contributed by atoms with E-state index in [1.807, 2.05) is 0 Å². The maximum Gasteiger partial charge on any atom is 0.483 e. The van der Waals surface area contributed by atoms with Gasteiger partial charge >= 0.3 is 12.0 Å². The maximum absolute atomic E-state index is 12.8.